The normalized spacial score (nSPS) is 15.4. The van der Waals surface area contributed by atoms with E-state index in [1.807, 2.05) is 54.6 Å². The van der Waals surface area contributed by atoms with Crippen LogP contribution in [0, 0.1) is 0 Å². The predicted octanol–water partition coefficient (Wildman–Crippen LogP) is 1.81. The summed E-state index contributed by atoms with van der Waals surface area (Å²) in [6, 6.07) is 17.1. The SMILES string of the molecule is CC(O)C(N)C(NCc1ccccc1N)c1ccccc1. The van der Waals surface area contributed by atoms with Crippen LogP contribution in [0.25, 0.3) is 0 Å². The fourth-order valence-electron chi connectivity index (χ4n) is 2.33. The Balaban J connectivity index is 2.15. The molecule has 0 heterocycles. The largest absolute Gasteiger partial charge is 0.398 e. The van der Waals surface area contributed by atoms with Crippen molar-refractivity contribution < 1.29 is 5.11 Å². The van der Waals surface area contributed by atoms with Gasteiger partial charge in [0, 0.05) is 18.3 Å². The maximum absolute atomic E-state index is 9.81. The van der Waals surface area contributed by atoms with Gasteiger partial charge in [-0.25, -0.2) is 0 Å². The van der Waals surface area contributed by atoms with E-state index in [0.29, 0.717) is 6.54 Å². The van der Waals surface area contributed by atoms with Gasteiger partial charge in [0.05, 0.1) is 12.1 Å². The van der Waals surface area contributed by atoms with Crippen LogP contribution in [-0.4, -0.2) is 17.3 Å². The van der Waals surface area contributed by atoms with Crippen molar-refractivity contribution in [3.63, 3.8) is 0 Å². The Morgan fingerprint density at radius 2 is 1.67 bits per heavy atom. The van der Waals surface area contributed by atoms with Crippen LogP contribution in [0.3, 0.4) is 0 Å². The first-order valence-corrected chi connectivity index (χ1v) is 7.15. The van der Waals surface area contributed by atoms with E-state index in [1.54, 1.807) is 6.92 Å². The van der Waals surface area contributed by atoms with Crippen LogP contribution in [0.2, 0.25) is 0 Å². The van der Waals surface area contributed by atoms with E-state index >= 15 is 0 Å². The molecule has 0 saturated heterocycles. The summed E-state index contributed by atoms with van der Waals surface area (Å²) in [4.78, 5) is 0. The number of hydrogen-bond acceptors (Lipinski definition) is 4. The summed E-state index contributed by atoms with van der Waals surface area (Å²) < 4.78 is 0. The van der Waals surface area contributed by atoms with Crippen molar-refractivity contribution in [3.05, 3.63) is 65.7 Å². The Bertz CT molecular complexity index is 557. The van der Waals surface area contributed by atoms with Crippen LogP contribution in [0.4, 0.5) is 5.69 Å². The number of hydrogen-bond donors (Lipinski definition) is 4. The summed E-state index contributed by atoms with van der Waals surface area (Å²) in [5.74, 6) is 0. The standard InChI is InChI=1S/C17H23N3O/c1-12(21)16(19)17(13-7-3-2-4-8-13)20-11-14-9-5-6-10-15(14)18/h2-10,12,16-17,20-21H,11,18-19H2,1H3. The number of nitrogens with two attached hydrogens (primary N) is 2. The molecule has 0 fully saturated rings. The Morgan fingerprint density at radius 3 is 2.29 bits per heavy atom. The van der Waals surface area contributed by atoms with E-state index in [1.165, 1.54) is 0 Å². The molecule has 0 aromatic heterocycles. The molecule has 2 aromatic rings. The molecule has 2 aromatic carbocycles. The van der Waals surface area contributed by atoms with Crippen molar-refractivity contribution in [2.45, 2.75) is 31.7 Å². The highest BCUT2D eigenvalue weighted by Crippen LogP contribution is 2.19. The minimum Gasteiger partial charge on any atom is -0.398 e. The maximum atomic E-state index is 9.81. The molecule has 2 rings (SSSR count). The monoisotopic (exact) mass is 285 g/mol. The second-order valence-corrected chi connectivity index (χ2v) is 5.29. The molecule has 3 unspecified atom stereocenters. The smallest absolute Gasteiger partial charge is 0.0681 e. The van der Waals surface area contributed by atoms with Crippen molar-refractivity contribution in [2.24, 2.45) is 5.73 Å². The minimum absolute atomic E-state index is 0.134. The molecule has 0 saturated carbocycles. The lowest BCUT2D eigenvalue weighted by atomic mass is 9.96. The van der Waals surface area contributed by atoms with Crippen molar-refractivity contribution in [1.82, 2.24) is 5.32 Å². The highest BCUT2D eigenvalue weighted by molar-refractivity contribution is 5.46. The third kappa shape index (κ3) is 4.04. The van der Waals surface area contributed by atoms with Crippen molar-refractivity contribution in [1.29, 1.82) is 0 Å². The van der Waals surface area contributed by atoms with Gasteiger partial charge in [0.25, 0.3) is 0 Å². The molecule has 0 spiro atoms. The highest BCUT2D eigenvalue weighted by Gasteiger charge is 2.23. The molecule has 0 radical (unpaired) electrons. The quantitative estimate of drug-likeness (QED) is 0.610. The van der Waals surface area contributed by atoms with Crippen molar-refractivity contribution >= 4 is 5.69 Å². The maximum Gasteiger partial charge on any atom is 0.0681 e. The molecular weight excluding hydrogens is 262 g/mol. The number of para-hydroxylation sites is 1. The Labute approximate surface area is 125 Å². The number of aliphatic hydroxyl groups is 1. The number of nitrogen functional groups attached to an aromatic ring is 1. The van der Waals surface area contributed by atoms with E-state index in [0.717, 1.165) is 16.8 Å². The third-order valence-electron chi connectivity index (χ3n) is 3.67. The average molecular weight is 285 g/mol. The summed E-state index contributed by atoms with van der Waals surface area (Å²) >= 11 is 0. The van der Waals surface area contributed by atoms with Crippen LogP contribution >= 0.6 is 0 Å². The summed E-state index contributed by atoms with van der Waals surface area (Å²) in [7, 11) is 0. The predicted molar refractivity (Wildman–Crippen MR) is 86.5 cm³/mol. The summed E-state index contributed by atoms with van der Waals surface area (Å²) in [5.41, 5.74) is 14.9. The number of rotatable bonds is 6. The number of anilines is 1. The van der Waals surface area contributed by atoms with Crippen molar-refractivity contribution in [3.8, 4) is 0 Å². The zero-order chi connectivity index (χ0) is 15.2. The second-order valence-electron chi connectivity index (χ2n) is 5.29. The second kappa shape index (κ2) is 7.22. The summed E-state index contributed by atoms with van der Waals surface area (Å²) in [5, 5.41) is 13.2. The molecule has 21 heavy (non-hydrogen) atoms. The molecule has 6 N–H and O–H groups in total. The lowest BCUT2D eigenvalue weighted by molar-refractivity contribution is 0.142. The molecule has 0 bridgehead atoms. The van der Waals surface area contributed by atoms with Gasteiger partial charge < -0.3 is 21.9 Å². The van der Waals surface area contributed by atoms with E-state index in [-0.39, 0.29) is 6.04 Å². The molecule has 0 aliphatic rings. The Kier molecular flexibility index (Phi) is 5.33. The van der Waals surface area contributed by atoms with Gasteiger partial charge in [0.2, 0.25) is 0 Å². The molecule has 4 nitrogen and oxygen atoms in total. The van der Waals surface area contributed by atoms with Gasteiger partial charge in [-0.15, -0.1) is 0 Å². The molecule has 0 amide bonds. The molecule has 4 heteroatoms. The Hall–Kier alpha value is -1.88. The third-order valence-corrected chi connectivity index (χ3v) is 3.67. The zero-order valence-corrected chi connectivity index (χ0v) is 12.2. The van der Waals surface area contributed by atoms with Gasteiger partial charge in [-0.1, -0.05) is 48.5 Å². The van der Waals surface area contributed by atoms with Gasteiger partial charge in [-0.3, -0.25) is 0 Å². The topological polar surface area (TPSA) is 84.3 Å². The Morgan fingerprint density at radius 1 is 1.05 bits per heavy atom. The van der Waals surface area contributed by atoms with Crippen LogP contribution in [-0.2, 0) is 6.54 Å². The lowest BCUT2D eigenvalue weighted by Gasteiger charge is -2.28. The van der Waals surface area contributed by atoms with Crippen molar-refractivity contribution in [2.75, 3.05) is 5.73 Å². The number of nitrogens with one attached hydrogen (secondary N) is 1. The van der Waals surface area contributed by atoms with Gasteiger partial charge in [-0.05, 0) is 24.1 Å². The van der Waals surface area contributed by atoms with Gasteiger partial charge in [-0.2, -0.15) is 0 Å². The average Bonchev–Trinajstić information content (AvgIpc) is 2.50. The zero-order valence-electron chi connectivity index (χ0n) is 12.2. The first-order chi connectivity index (χ1) is 10.1. The van der Waals surface area contributed by atoms with E-state index in [2.05, 4.69) is 5.32 Å². The van der Waals surface area contributed by atoms with Gasteiger partial charge >= 0.3 is 0 Å². The number of aliphatic hydroxyl groups excluding tert-OH is 1. The molecular formula is C17H23N3O. The van der Waals surface area contributed by atoms with E-state index in [9.17, 15) is 5.11 Å². The minimum atomic E-state index is -0.601. The lowest BCUT2D eigenvalue weighted by Crippen LogP contribution is -2.44. The van der Waals surface area contributed by atoms with Crippen LogP contribution in [0.1, 0.15) is 24.1 Å². The van der Waals surface area contributed by atoms with E-state index in [4.69, 9.17) is 11.5 Å². The molecule has 0 aliphatic carbocycles. The first-order valence-electron chi connectivity index (χ1n) is 7.15. The van der Waals surface area contributed by atoms with Crippen LogP contribution in [0.5, 0.6) is 0 Å². The number of benzene rings is 2. The van der Waals surface area contributed by atoms with Crippen LogP contribution < -0.4 is 16.8 Å². The van der Waals surface area contributed by atoms with E-state index < -0.39 is 12.1 Å². The first kappa shape index (κ1) is 15.5. The molecule has 0 aliphatic heterocycles. The highest BCUT2D eigenvalue weighted by atomic mass is 16.3. The fraction of sp³-hybridized carbons (Fsp3) is 0.294. The molecule has 3 atom stereocenters. The van der Waals surface area contributed by atoms with Gasteiger partial charge in [0.1, 0.15) is 0 Å². The van der Waals surface area contributed by atoms with Gasteiger partial charge in [0.15, 0.2) is 0 Å². The van der Waals surface area contributed by atoms with Crippen LogP contribution in [0.15, 0.2) is 54.6 Å². The fourth-order valence-corrected chi connectivity index (χ4v) is 2.33. The molecule has 112 valence electrons. The summed E-state index contributed by atoms with van der Waals surface area (Å²) in [6.07, 6.45) is -0.601. The summed E-state index contributed by atoms with van der Waals surface area (Å²) in [6.45, 7) is 2.31.